The van der Waals surface area contributed by atoms with E-state index in [0.29, 0.717) is 37.4 Å². The minimum atomic E-state index is 0.00952. The van der Waals surface area contributed by atoms with Crippen LogP contribution in [0.15, 0.2) is 47.1 Å². The molecular weight excluding hydrogens is 468 g/mol. The fraction of sp³-hybridized carbons (Fsp3) is 0.333. The van der Waals surface area contributed by atoms with Gasteiger partial charge in [0.2, 0.25) is 0 Å². The van der Waals surface area contributed by atoms with Gasteiger partial charge < -0.3 is 9.80 Å². The minimum absolute atomic E-state index is 0.00952. The number of rotatable bonds is 3. The van der Waals surface area contributed by atoms with E-state index in [9.17, 15) is 4.79 Å². The number of benzene rings is 1. The molecule has 0 unspecified atom stereocenters. The van der Waals surface area contributed by atoms with Gasteiger partial charge >= 0.3 is 0 Å². The molecule has 1 aromatic carbocycles. The molecule has 3 heterocycles. The Morgan fingerprint density at radius 3 is 2.66 bits per heavy atom. The summed E-state index contributed by atoms with van der Waals surface area (Å²) in [5.41, 5.74) is 4.43. The van der Waals surface area contributed by atoms with Gasteiger partial charge in [0, 0.05) is 48.1 Å². The molecule has 3 aromatic rings. The lowest BCUT2D eigenvalue weighted by Crippen LogP contribution is -2.49. The summed E-state index contributed by atoms with van der Waals surface area (Å²) in [6.07, 6.45) is 5.71. The number of aromatic nitrogens is 3. The van der Waals surface area contributed by atoms with Crippen molar-refractivity contribution in [3.8, 4) is 11.8 Å². The van der Waals surface area contributed by atoms with E-state index in [1.165, 1.54) is 0 Å². The van der Waals surface area contributed by atoms with Gasteiger partial charge in [0.05, 0.1) is 17.3 Å². The van der Waals surface area contributed by atoms with Crippen molar-refractivity contribution in [2.45, 2.75) is 25.7 Å². The molecular formula is C24H23BrN6O. The van der Waals surface area contributed by atoms with Crippen LogP contribution in [0.2, 0.25) is 0 Å². The first kappa shape index (κ1) is 20.7. The number of fused-ring (bicyclic) bond motifs is 1. The average molecular weight is 491 g/mol. The van der Waals surface area contributed by atoms with Gasteiger partial charge in [-0.05, 0) is 56.0 Å². The molecule has 2 aliphatic rings. The molecule has 1 aliphatic carbocycles. The zero-order valence-corrected chi connectivity index (χ0v) is 19.3. The number of hydrogen-bond donors (Lipinski definition) is 0. The molecule has 1 saturated heterocycles. The van der Waals surface area contributed by atoms with Crippen molar-refractivity contribution >= 4 is 27.7 Å². The third-order valence-corrected chi connectivity index (χ3v) is 6.69. The van der Waals surface area contributed by atoms with Gasteiger partial charge in [-0.15, -0.1) is 0 Å². The number of nitrogens with zero attached hydrogens (tertiary/aromatic N) is 6. The molecule has 32 heavy (non-hydrogen) atoms. The summed E-state index contributed by atoms with van der Waals surface area (Å²) in [4.78, 5) is 21.9. The summed E-state index contributed by atoms with van der Waals surface area (Å²) in [5, 5.41) is 14.0. The molecule has 162 valence electrons. The Kier molecular flexibility index (Phi) is 5.66. The summed E-state index contributed by atoms with van der Waals surface area (Å²) >= 11 is 3.54. The van der Waals surface area contributed by atoms with Gasteiger partial charge in [0.15, 0.2) is 5.69 Å². The van der Waals surface area contributed by atoms with E-state index in [0.717, 1.165) is 52.9 Å². The fourth-order valence-electron chi connectivity index (χ4n) is 4.54. The maximum absolute atomic E-state index is 13.5. The second-order valence-electron chi connectivity index (χ2n) is 8.17. The smallest absolute Gasteiger partial charge is 0.274 e. The Morgan fingerprint density at radius 2 is 1.88 bits per heavy atom. The minimum Gasteiger partial charge on any atom is -0.353 e. The standard InChI is InChI=1S/C24H23BrN6O/c25-18-4-3-5-19(15-18)31-21-7-2-1-6-20(21)23(28-31)24(32)30-12-10-29(11-13-30)22-14-17(16-26)8-9-27-22/h3-5,8-9,14-15H,1-2,6-7,10-13H2. The third-order valence-electron chi connectivity index (χ3n) is 6.20. The molecule has 0 saturated carbocycles. The van der Waals surface area contributed by atoms with Gasteiger partial charge in [-0.2, -0.15) is 10.4 Å². The van der Waals surface area contributed by atoms with Crippen LogP contribution in [0, 0.1) is 11.3 Å². The van der Waals surface area contributed by atoms with E-state index in [1.807, 2.05) is 33.8 Å². The lowest BCUT2D eigenvalue weighted by molar-refractivity contribution is 0.0739. The SMILES string of the molecule is N#Cc1ccnc(N2CCN(C(=O)c3nn(-c4cccc(Br)c4)c4c3CCCC4)CC2)c1. The Morgan fingerprint density at radius 1 is 1.06 bits per heavy atom. The Balaban J connectivity index is 1.38. The van der Waals surface area contributed by atoms with Crippen molar-refractivity contribution in [3.63, 3.8) is 0 Å². The molecule has 1 aliphatic heterocycles. The molecule has 5 rings (SSSR count). The molecule has 8 heteroatoms. The van der Waals surface area contributed by atoms with Crippen LogP contribution in [0.25, 0.3) is 5.69 Å². The molecule has 0 spiro atoms. The normalized spacial score (nSPS) is 15.9. The summed E-state index contributed by atoms with van der Waals surface area (Å²) in [5.74, 6) is 0.794. The molecule has 1 amide bonds. The molecule has 7 nitrogen and oxygen atoms in total. The van der Waals surface area contributed by atoms with Crippen LogP contribution in [-0.4, -0.2) is 51.8 Å². The molecule has 2 aromatic heterocycles. The number of piperazine rings is 1. The predicted octanol–water partition coefficient (Wildman–Crippen LogP) is 3.74. The molecule has 0 bridgehead atoms. The summed E-state index contributed by atoms with van der Waals surface area (Å²) in [6.45, 7) is 2.58. The number of hydrogen-bond acceptors (Lipinski definition) is 5. The van der Waals surface area contributed by atoms with Crippen LogP contribution in [0.4, 0.5) is 5.82 Å². The Bertz CT molecular complexity index is 1210. The predicted molar refractivity (Wildman–Crippen MR) is 125 cm³/mol. The fourth-order valence-corrected chi connectivity index (χ4v) is 4.93. The molecule has 0 radical (unpaired) electrons. The highest BCUT2D eigenvalue weighted by molar-refractivity contribution is 9.10. The van der Waals surface area contributed by atoms with Gasteiger partial charge in [-0.25, -0.2) is 9.67 Å². The van der Waals surface area contributed by atoms with Crippen molar-refractivity contribution in [2.24, 2.45) is 0 Å². The number of nitriles is 1. The van der Waals surface area contributed by atoms with Crippen LogP contribution >= 0.6 is 15.9 Å². The van der Waals surface area contributed by atoms with Crippen molar-refractivity contribution in [3.05, 3.63) is 69.6 Å². The molecule has 0 N–H and O–H groups in total. The maximum Gasteiger partial charge on any atom is 0.274 e. The highest BCUT2D eigenvalue weighted by Gasteiger charge is 2.30. The first-order chi connectivity index (χ1) is 15.6. The summed E-state index contributed by atoms with van der Waals surface area (Å²) in [7, 11) is 0. The van der Waals surface area contributed by atoms with E-state index >= 15 is 0 Å². The lowest BCUT2D eigenvalue weighted by Gasteiger charge is -2.35. The number of anilines is 1. The summed E-state index contributed by atoms with van der Waals surface area (Å²) < 4.78 is 2.95. The number of halogens is 1. The molecule has 0 atom stereocenters. The second-order valence-corrected chi connectivity index (χ2v) is 9.08. The van der Waals surface area contributed by atoms with E-state index in [4.69, 9.17) is 10.4 Å². The van der Waals surface area contributed by atoms with Crippen LogP contribution in [0.5, 0.6) is 0 Å². The van der Waals surface area contributed by atoms with Gasteiger partial charge in [0.1, 0.15) is 5.82 Å². The van der Waals surface area contributed by atoms with Gasteiger partial charge in [-0.3, -0.25) is 4.79 Å². The molecule has 1 fully saturated rings. The zero-order chi connectivity index (χ0) is 22.1. The monoisotopic (exact) mass is 490 g/mol. The Labute approximate surface area is 195 Å². The highest BCUT2D eigenvalue weighted by Crippen LogP contribution is 2.29. The first-order valence-electron chi connectivity index (χ1n) is 10.9. The number of carbonyl (C=O) groups is 1. The highest BCUT2D eigenvalue weighted by atomic mass is 79.9. The van der Waals surface area contributed by atoms with Crippen LogP contribution in [0.3, 0.4) is 0 Å². The van der Waals surface area contributed by atoms with Gasteiger partial charge in [0.25, 0.3) is 5.91 Å². The van der Waals surface area contributed by atoms with Crippen LogP contribution in [-0.2, 0) is 12.8 Å². The van der Waals surface area contributed by atoms with Crippen LogP contribution < -0.4 is 4.90 Å². The van der Waals surface area contributed by atoms with Crippen molar-refractivity contribution < 1.29 is 4.79 Å². The van der Waals surface area contributed by atoms with Crippen molar-refractivity contribution in [2.75, 3.05) is 31.1 Å². The van der Waals surface area contributed by atoms with E-state index in [-0.39, 0.29) is 5.91 Å². The second kappa shape index (κ2) is 8.75. The number of pyridine rings is 1. The maximum atomic E-state index is 13.5. The van der Waals surface area contributed by atoms with E-state index in [2.05, 4.69) is 31.9 Å². The third kappa shape index (κ3) is 3.89. The van der Waals surface area contributed by atoms with Gasteiger partial charge in [-0.1, -0.05) is 22.0 Å². The topological polar surface area (TPSA) is 78.1 Å². The lowest BCUT2D eigenvalue weighted by atomic mass is 9.95. The largest absolute Gasteiger partial charge is 0.353 e. The quantitative estimate of drug-likeness (QED) is 0.558. The first-order valence-corrected chi connectivity index (χ1v) is 11.7. The average Bonchev–Trinajstić information content (AvgIpc) is 3.23. The number of amides is 1. The van der Waals surface area contributed by atoms with E-state index < -0.39 is 0 Å². The van der Waals surface area contributed by atoms with Crippen molar-refractivity contribution in [1.82, 2.24) is 19.7 Å². The summed E-state index contributed by atoms with van der Waals surface area (Å²) in [6, 6.07) is 13.7. The van der Waals surface area contributed by atoms with E-state index in [1.54, 1.807) is 18.3 Å². The zero-order valence-electron chi connectivity index (χ0n) is 17.7. The van der Waals surface area contributed by atoms with Crippen molar-refractivity contribution in [1.29, 1.82) is 5.26 Å². The van der Waals surface area contributed by atoms with Crippen LogP contribution in [0.1, 0.15) is 40.2 Å². The Hall–Kier alpha value is -3.18. The number of carbonyl (C=O) groups excluding carboxylic acids is 1.